The Bertz CT molecular complexity index is 5440. The van der Waals surface area contributed by atoms with Crippen molar-refractivity contribution in [3.05, 3.63) is 266 Å². The van der Waals surface area contributed by atoms with Crippen LogP contribution in [-0.2, 0) is 0 Å². The predicted octanol–water partition coefficient (Wildman–Crippen LogP) is 17.0. The Kier molecular flexibility index (Phi) is 11.8. The topological polar surface area (TPSA) is 100 Å². The SMILES string of the molecule is [B]C(=C)/C(=C([B])\C(=C(/[B])n1c2ccccc2c2ccc3c(c4ccccc4n3-c3ccc4oc5ccccc5c4c3)c21)c1nc(-c2ccccc2)nc(-c2ccccc2)n1)c1nc(-c2ccccc2)nc(-c2ccc3sc4ccccc4c3c2)n1. The molecule has 0 saturated heterocycles. The molecule has 0 N–H and O–H groups in total. The van der Waals surface area contributed by atoms with E-state index in [0.29, 0.717) is 23.3 Å². The summed E-state index contributed by atoms with van der Waals surface area (Å²) >= 11 is 1.74. The van der Waals surface area contributed by atoms with Crippen LogP contribution in [0, 0.1) is 0 Å². The van der Waals surface area contributed by atoms with Crippen LogP contribution in [0.4, 0.5) is 0 Å². The summed E-state index contributed by atoms with van der Waals surface area (Å²) < 4.78 is 13.1. The first kappa shape index (κ1) is 50.0. The van der Waals surface area contributed by atoms with Crippen molar-refractivity contribution >= 4 is 137 Å². The second-order valence-electron chi connectivity index (χ2n) is 20.9. The molecule has 6 heterocycles. The summed E-state index contributed by atoms with van der Waals surface area (Å²) in [6.07, 6.45) is 0. The average molecular weight is 1100 g/mol. The zero-order valence-electron chi connectivity index (χ0n) is 45.4. The molecule has 85 heavy (non-hydrogen) atoms. The van der Waals surface area contributed by atoms with Gasteiger partial charge in [-0.15, -0.1) is 17.9 Å². The second kappa shape index (κ2) is 20.0. The Balaban J connectivity index is 1.02. The van der Waals surface area contributed by atoms with Gasteiger partial charge in [0.25, 0.3) is 0 Å². The van der Waals surface area contributed by atoms with Gasteiger partial charge in [0.2, 0.25) is 0 Å². The number of furan rings is 1. The predicted molar refractivity (Wildman–Crippen MR) is 352 cm³/mol. The molecule has 13 heteroatoms. The van der Waals surface area contributed by atoms with E-state index >= 15 is 0 Å². The fourth-order valence-corrected chi connectivity index (χ4v) is 13.1. The van der Waals surface area contributed by atoms with Crippen LogP contribution in [0.3, 0.4) is 0 Å². The highest BCUT2D eigenvalue weighted by molar-refractivity contribution is 7.25. The Hall–Kier alpha value is -10.7. The van der Waals surface area contributed by atoms with E-state index in [0.717, 1.165) is 109 Å². The number of benzene rings is 10. The number of nitrogens with zero attached hydrogens (tertiary/aromatic N) is 8. The van der Waals surface area contributed by atoms with E-state index in [1.54, 1.807) is 11.3 Å². The Morgan fingerprint density at radius 1 is 0.388 bits per heavy atom. The number of allylic oxidation sites excluding steroid dienone is 4. The highest BCUT2D eigenvalue weighted by Gasteiger charge is 2.27. The fourth-order valence-electron chi connectivity index (χ4n) is 12.1. The number of aromatic nitrogens is 8. The summed E-state index contributed by atoms with van der Waals surface area (Å²) in [6, 6.07) is 79.7. The Morgan fingerprint density at radius 3 is 1.58 bits per heavy atom. The van der Waals surface area contributed by atoms with E-state index in [1.807, 2.05) is 127 Å². The van der Waals surface area contributed by atoms with Gasteiger partial charge in [0.15, 0.2) is 34.9 Å². The molecule has 0 spiro atoms. The third kappa shape index (κ3) is 8.26. The quantitative estimate of drug-likeness (QED) is 0.0993. The molecule has 0 amide bonds. The minimum Gasteiger partial charge on any atom is -0.456 e. The van der Waals surface area contributed by atoms with Gasteiger partial charge in [-0.1, -0.05) is 181 Å². The summed E-state index contributed by atoms with van der Waals surface area (Å²) in [7, 11) is 23.2. The molecule has 390 valence electrons. The lowest BCUT2D eigenvalue weighted by Crippen LogP contribution is -2.12. The van der Waals surface area contributed by atoms with Crippen LogP contribution in [0.15, 0.2) is 259 Å². The highest BCUT2D eigenvalue weighted by Crippen LogP contribution is 2.45. The Morgan fingerprint density at radius 2 is 0.918 bits per heavy atom. The second-order valence-corrected chi connectivity index (χ2v) is 22.0. The number of thiophene rings is 1. The van der Waals surface area contributed by atoms with Gasteiger partial charge >= 0.3 is 0 Å². The summed E-state index contributed by atoms with van der Waals surface area (Å²) in [5.41, 5.74) is 10.1. The van der Waals surface area contributed by atoms with Gasteiger partial charge in [0.1, 0.15) is 34.7 Å². The van der Waals surface area contributed by atoms with E-state index in [2.05, 4.69) is 125 Å². The molecule has 6 aromatic heterocycles. The fraction of sp³-hybridized carbons (Fsp3) is 0. The van der Waals surface area contributed by atoms with Gasteiger partial charge in [0.05, 0.1) is 22.1 Å². The smallest absolute Gasteiger partial charge is 0.164 e. The van der Waals surface area contributed by atoms with E-state index in [1.165, 1.54) is 4.70 Å². The minimum absolute atomic E-state index is 0.0749. The van der Waals surface area contributed by atoms with Crippen molar-refractivity contribution < 1.29 is 4.42 Å². The molecule has 16 aromatic rings. The molecule has 10 aromatic carbocycles. The van der Waals surface area contributed by atoms with Crippen LogP contribution < -0.4 is 0 Å². The van der Waals surface area contributed by atoms with Crippen molar-refractivity contribution in [1.82, 2.24) is 39.0 Å². The molecule has 0 unspecified atom stereocenters. The minimum atomic E-state index is 0.0749. The van der Waals surface area contributed by atoms with E-state index in [4.69, 9.17) is 57.9 Å². The number of hydrogen-bond acceptors (Lipinski definition) is 8. The molecular weight excluding hydrogens is 1060 g/mol. The first-order valence-corrected chi connectivity index (χ1v) is 28.6. The average Bonchev–Trinajstić information content (AvgIpc) is 2.54. The molecule has 9 nitrogen and oxygen atoms in total. The molecular formula is C72H41B3N8OS. The molecule has 0 aliphatic rings. The summed E-state index contributed by atoms with van der Waals surface area (Å²) in [4.78, 5) is 31.4. The highest BCUT2D eigenvalue weighted by atomic mass is 32.1. The standard InChI is InChI=1S/C72H41B3N8OS/c1-41(73)61(71-78-69(44-23-9-4-10-24-44)77-70(81-71)45-33-38-60-53(39-45)49-27-14-18-32-59(49)85-60)64(74)63(72-79-67(42-19-5-2-6-20-42)76-68(80-72)43-21-7-3-8-22-43)66(75)83-54-29-15-11-25-47(54)50-35-36-56-62(65(50)83)51-28-12-16-30-55(51)82(56)46-34-37-58-52(40-46)48-26-13-17-31-57(48)84-58/h2-40H,1H2/b64-61-,66-63-. The van der Waals surface area contributed by atoms with Gasteiger partial charge in [-0.25, -0.2) is 29.9 Å². The van der Waals surface area contributed by atoms with Gasteiger partial charge in [-0.3, -0.25) is 0 Å². The first-order chi connectivity index (χ1) is 41.8. The van der Waals surface area contributed by atoms with Crippen LogP contribution in [-0.4, -0.2) is 62.6 Å². The lowest BCUT2D eigenvalue weighted by molar-refractivity contribution is 0.669. The van der Waals surface area contributed by atoms with Crippen molar-refractivity contribution in [3.63, 3.8) is 0 Å². The van der Waals surface area contributed by atoms with Crippen LogP contribution in [0.2, 0.25) is 0 Å². The van der Waals surface area contributed by atoms with Crippen LogP contribution >= 0.6 is 11.3 Å². The maximum absolute atomic E-state index is 8.12. The number of hydrogen-bond donors (Lipinski definition) is 0. The van der Waals surface area contributed by atoms with Crippen molar-refractivity contribution in [2.24, 2.45) is 0 Å². The van der Waals surface area contributed by atoms with Gasteiger partial charge in [0, 0.05) is 91.6 Å². The molecule has 16 rings (SSSR count). The van der Waals surface area contributed by atoms with Crippen LogP contribution in [0.25, 0.3) is 154 Å². The van der Waals surface area contributed by atoms with E-state index in [-0.39, 0.29) is 39.3 Å². The van der Waals surface area contributed by atoms with Crippen LogP contribution in [0.1, 0.15) is 11.6 Å². The third-order valence-electron chi connectivity index (χ3n) is 15.9. The van der Waals surface area contributed by atoms with Crippen molar-refractivity contribution in [3.8, 4) is 51.2 Å². The van der Waals surface area contributed by atoms with Gasteiger partial charge in [-0.2, -0.15) is 0 Å². The zero-order chi connectivity index (χ0) is 56.9. The van der Waals surface area contributed by atoms with Crippen LogP contribution in [0.5, 0.6) is 0 Å². The van der Waals surface area contributed by atoms with Gasteiger partial charge < -0.3 is 13.6 Å². The molecule has 0 fully saturated rings. The van der Waals surface area contributed by atoms with E-state index < -0.39 is 0 Å². The first-order valence-electron chi connectivity index (χ1n) is 27.7. The summed E-state index contributed by atoms with van der Waals surface area (Å²) in [6.45, 7) is 4.40. The molecule has 0 bridgehead atoms. The maximum Gasteiger partial charge on any atom is 0.164 e. The lowest BCUT2D eigenvalue weighted by Gasteiger charge is -2.21. The number of para-hydroxylation sites is 3. The molecule has 0 aliphatic carbocycles. The largest absolute Gasteiger partial charge is 0.456 e. The summed E-state index contributed by atoms with van der Waals surface area (Å²) in [5.74, 6) is 1.96. The third-order valence-corrected chi connectivity index (χ3v) is 17.0. The monoisotopic (exact) mass is 1100 g/mol. The van der Waals surface area contributed by atoms with Crippen molar-refractivity contribution in [1.29, 1.82) is 0 Å². The summed E-state index contributed by atoms with van der Waals surface area (Å²) in [5, 5.41) is 8.20. The Labute approximate surface area is 494 Å². The zero-order valence-corrected chi connectivity index (χ0v) is 46.2. The lowest BCUT2D eigenvalue weighted by atomic mass is 9.73. The maximum atomic E-state index is 8.12. The number of rotatable bonds is 10. The normalized spacial score (nSPS) is 12.6. The molecule has 6 radical (unpaired) electrons. The van der Waals surface area contributed by atoms with Crippen molar-refractivity contribution in [2.45, 2.75) is 0 Å². The number of fused-ring (bicyclic) bond motifs is 13. The van der Waals surface area contributed by atoms with Crippen molar-refractivity contribution in [2.75, 3.05) is 0 Å². The van der Waals surface area contributed by atoms with Gasteiger partial charge in [-0.05, 0) is 72.3 Å². The molecule has 0 atom stereocenters. The molecule has 0 aliphatic heterocycles. The molecule has 0 saturated carbocycles. The van der Waals surface area contributed by atoms with E-state index in [9.17, 15) is 0 Å².